The fraction of sp³-hybridized carbons (Fsp3) is 0.280. The Hall–Kier alpha value is -3.94. The van der Waals surface area contributed by atoms with Crippen LogP contribution in [0.1, 0.15) is 31.2 Å². The van der Waals surface area contributed by atoms with Gasteiger partial charge in [0.05, 0.1) is 17.3 Å². The molecule has 4 heterocycles. The third-order valence-corrected chi connectivity index (χ3v) is 6.34. The van der Waals surface area contributed by atoms with E-state index in [0.29, 0.717) is 17.1 Å². The number of nitrogens with zero attached hydrogens (tertiary/aromatic N) is 4. The minimum atomic E-state index is -0.186. The standard InChI is InChI=1S/C25H26N6O2/c1-16(32)31-11-8-18(9-12-31)17-3-5-21(6-4-17)28-24-23-19(7-10-26-25(23)33)13-22(29-24)20-14-27-30(2)15-20/h3-7,10,13-15,18H,8-9,11-12H2,1-2H3,(H,26,33)(H,28,29). The van der Waals surface area contributed by atoms with Gasteiger partial charge < -0.3 is 15.2 Å². The topological polar surface area (TPSA) is 95.9 Å². The predicted octanol–water partition coefficient (Wildman–Crippen LogP) is 3.79. The molecule has 8 nitrogen and oxygen atoms in total. The maximum Gasteiger partial charge on any atom is 0.259 e. The summed E-state index contributed by atoms with van der Waals surface area (Å²) in [5.74, 6) is 1.11. The first-order chi connectivity index (χ1) is 16.0. The molecule has 4 aromatic rings. The van der Waals surface area contributed by atoms with Crippen LogP contribution in [0, 0.1) is 0 Å². The molecule has 1 amide bonds. The third kappa shape index (κ3) is 4.24. The van der Waals surface area contributed by atoms with Crippen molar-refractivity contribution in [3.05, 3.63) is 70.9 Å². The molecule has 1 saturated heterocycles. The van der Waals surface area contributed by atoms with Crippen LogP contribution in [-0.4, -0.2) is 43.6 Å². The van der Waals surface area contributed by atoms with E-state index in [2.05, 4.69) is 27.5 Å². The van der Waals surface area contributed by atoms with E-state index in [4.69, 9.17) is 4.98 Å². The number of likely N-dealkylation sites (tertiary alicyclic amines) is 1. The van der Waals surface area contributed by atoms with Crippen LogP contribution in [0.25, 0.3) is 22.0 Å². The van der Waals surface area contributed by atoms with Gasteiger partial charge in [-0.25, -0.2) is 4.98 Å². The summed E-state index contributed by atoms with van der Waals surface area (Å²) in [4.78, 5) is 33.6. The lowest BCUT2D eigenvalue weighted by Crippen LogP contribution is -2.36. The molecule has 8 heteroatoms. The highest BCUT2D eigenvalue weighted by Crippen LogP contribution is 2.31. The first-order valence-electron chi connectivity index (χ1n) is 11.1. The van der Waals surface area contributed by atoms with Crippen molar-refractivity contribution < 1.29 is 4.79 Å². The van der Waals surface area contributed by atoms with Gasteiger partial charge in [-0.2, -0.15) is 5.10 Å². The Kier molecular flexibility index (Phi) is 5.42. The molecule has 33 heavy (non-hydrogen) atoms. The summed E-state index contributed by atoms with van der Waals surface area (Å²) in [6.45, 7) is 3.24. The van der Waals surface area contributed by atoms with E-state index in [0.717, 1.165) is 48.3 Å². The Balaban J connectivity index is 1.43. The van der Waals surface area contributed by atoms with Crippen LogP contribution in [0.15, 0.2) is 59.8 Å². The molecule has 1 aromatic carbocycles. The molecule has 1 aliphatic heterocycles. The Morgan fingerprint density at radius 3 is 2.58 bits per heavy atom. The number of anilines is 2. The van der Waals surface area contributed by atoms with Crippen molar-refractivity contribution in [3.8, 4) is 11.3 Å². The predicted molar refractivity (Wildman–Crippen MR) is 129 cm³/mol. The summed E-state index contributed by atoms with van der Waals surface area (Å²) < 4.78 is 1.73. The number of amides is 1. The number of rotatable bonds is 4. The summed E-state index contributed by atoms with van der Waals surface area (Å²) in [7, 11) is 1.86. The van der Waals surface area contributed by atoms with E-state index in [9.17, 15) is 9.59 Å². The molecule has 0 bridgehead atoms. The largest absolute Gasteiger partial charge is 0.343 e. The van der Waals surface area contributed by atoms with Gasteiger partial charge in [-0.3, -0.25) is 14.3 Å². The summed E-state index contributed by atoms with van der Waals surface area (Å²) in [5.41, 5.74) is 3.57. The highest BCUT2D eigenvalue weighted by molar-refractivity contribution is 5.95. The zero-order chi connectivity index (χ0) is 22.9. The molecule has 0 unspecified atom stereocenters. The lowest BCUT2D eigenvalue weighted by Gasteiger charge is -2.31. The number of hydrogen-bond acceptors (Lipinski definition) is 5. The molecular formula is C25H26N6O2. The van der Waals surface area contributed by atoms with Crippen molar-refractivity contribution in [2.45, 2.75) is 25.7 Å². The number of piperidine rings is 1. The molecule has 1 fully saturated rings. The van der Waals surface area contributed by atoms with Gasteiger partial charge in [-0.05, 0) is 54.0 Å². The first kappa shape index (κ1) is 20.9. The molecule has 3 aromatic heterocycles. The van der Waals surface area contributed by atoms with Crippen LogP contribution < -0.4 is 10.9 Å². The minimum Gasteiger partial charge on any atom is -0.343 e. The van der Waals surface area contributed by atoms with Crippen molar-refractivity contribution in [2.24, 2.45) is 7.05 Å². The molecule has 5 rings (SSSR count). The van der Waals surface area contributed by atoms with Gasteiger partial charge in [0.15, 0.2) is 0 Å². The zero-order valence-corrected chi connectivity index (χ0v) is 18.7. The summed E-state index contributed by atoms with van der Waals surface area (Å²) in [6.07, 6.45) is 7.25. The molecule has 168 valence electrons. The fourth-order valence-corrected chi connectivity index (χ4v) is 4.51. The third-order valence-electron chi connectivity index (χ3n) is 6.34. The van der Waals surface area contributed by atoms with E-state index >= 15 is 0 Å². The van der Waals surface area contributed by atoms with Crippen LogP contribution in [0.2, 0.25) is 0 Å². The fourth-order valence-electron chi connectivity index (χ4n) is 4.51. The highest BCUT2D eigenvalue weighted by atomic mass is 16.2. The SMILES string of the molecule is CC(=O)N1CCC(c2ccc(Nc3nc(-c4cnn(C)c4)cc4cc[nH]c(=O)c34)cc2)CC1. The van der Waals surface area contributed by atoms with Crippen LogP contribution in [0.5, 0.6) is 0 Å². The Morgan fingerprint density at radius 2 is 1.91 bits per heavy atom. The molecule has 0 spiro atoms. The van der Waals surface area contributed by atoms with E-state index in [1.807, 2.05) is 42.4 Å². The average Bonchev–Trinajstić information content (AvgIpc) is 3.26. The Bertz CT molecular complexity index is 1360. The lowest BCUT2D eigenvalue weighted by atomic mass is 9.89. The number of fused-ring (bicyclic) bond motifs is 1. The molecule has 0 radical (unpaired) electrons. The van der Waals surface area contributed by atoms with Gasteiger partial charge in [0.1, 0.15) is 5.82 Å². The number of aryl methyl sites for hydroxylation is 1. The number of benzene rings is 1. The monoisotopic (exact) mass is 442 g/mol. The zero-order valence-electron chi connectivity index (χ0n) is 18.7. The minimum absolute atomic E-state index is 0.149. The highest BCUT2D eigenvalue weighted by Gasteiger charge is 2.22. The summed E-state index contributed by atoms with van der Waals surface area (Å²) in [6, 6.07) is 12.1. The Morgan fingerprint density at radius 1 is 1.15 bits per heavy atom. The van der Waals surface area contributed by atoms with Gasteiger partial charge in [-0.15, -0.1) is 0 Å². The van der Waals surface area contributed by atoms with Crippen molar-refractivity contribution in [1.82, 2.24) is 24.6 Å². The van der Waals surface area contributed by atoms with Crippen molar-refractivity contribution >= 4 is 28.2 Å². The molecule has 1 aliphatic rings. The maximum absolute atomic E-state index is 12.6. The van der Waals surface area contributed by atoms with E-state index in [-0.39, 0.29) is 11.5 Å². The smallest absolute Gasteiger partial charge is 0.259 e. The van der Waals surface area contributed by atoms with E-state index in [1.165, 1.54) is 5.56 Å². The molecule has 0 atom stereocenters. The molecular weight excluding hydrogens is 416 g/mol. The number of aromatic amines is 1. The molecule has 0 saturated carbocycles. The van der Waals surface area contributed by atoms with Crippen molar-refractivity contribution in [1.29, 1.82) is 0 Å². The summed E-state index contributed by atoms with van der Waals surface area (Å²) in [5, 5.41) is 8.91. The van der Waals surface area contributed by atoms with E-state index < -0.39 is 0 Å². The molecule has 2 N–H and O–H groups in total. The Labute approximate surface area is 191 Å². The number of aromatic nitrogens is 4. The van der Waals surface area contributed by atoms with Gasteiger partial charge in [-0.1, -0.05) is 12.1 Å². The van der Waals surface area contributed by atoms with Crippen LogP contribution in [0.3, 0.4) is 0 Å². The number of H-pyrrole nitrogens is 1. The second-order valence-electron chi connectivity index (χ2n) is 8.56. The van der Waals surface area contributed by atoms with Crippen molar-refractivity contribution in [3.63, 3.8) is 0 Å². The van der Waals surface area contributed by atoms with Crippen LogP contribution >= 0.6 is 0 Å². The lowest BCUT2D eigenvalue weighted by molar-refractivity contribution is -0.129. The van der Waals surface area contributed by atoms with Crippen molar-refractivity contribution in [2.75, 3.05) is 18.4 Å². The normalized spacial score (nSPS) is 14.5. The number of carbonyl (C=O) groups is 1. The van der Waals surface area contributed by atoms with Gasteiger partial charge in [0.2, 0.25) is 5.91 Å². The maximum atomic E-state index is 12.6. The van der Waals surface area contributed by atoms with Gasteiger partial charge >= 0.3 is 0 Å². The number of pyridine rings is 2. The number of hydrogen-bond donors (Lipinski definition) is 2. The van der Waals surface area contributed by atoms with Gasteiger partial charge in [0, 0.05) is 50.7 Å². The average molecular weight is 443 g/mol. The van der Waals surface area contributed by atoms with Crippen LogP contribution in [-0.2, 0) is 11.8 Å². The quantitative estimate of drug-likeness (QED) is 0.501. The molecule has 0 aliphatic carbocycles. The van der Waals surface area contributed by atoms with E-state index in [1.54, 1.807) is 24.0 Å². The van der Waals surface area contributed by atoms with Gasteiger partial charge in [0.25, 0.3) is 5.56 Å². The second-order valence-corrected chi connectivity index (χ2v) is 8.56. The van der Waals surface area contributed by atoms with Crippen LogP contribution in [0.4, 0.5) is 11.5 Å². The number of carbonyl (C=O) groups excluding carboxylic acids is 1. The second kappa shape index (κ2) is 8.54. The summed E-state index contributed by atoms with van der Waals surface area (Å²) >= 11 is 0. The number of nitrogens with one attached hydrogen (secondary N) is 2. The first-order valence-corrected chi connectivity index (χ1v) is 11.1.